The summed E-state index contributed by atoms with van der Waals surface area (Å²) in [5.41, 5.74) is 0. The van der Waals surface area contributed by atoms with Crippen molar-refractivity contribution in [1.29, 1.82) is 0 Å². The second-order valence-corrected chi connectivity index (χ2v) is 3.42. The van der Waals surface area contributed by atoms with Crippen LogP contribution in [0.25, 0.3) is 0 Å². The van der Waals surface area contributed by atoms with Crippen molar-refractivity contribution in [2.75, 3.05) is 13.7 Å². The van der Waals surface area contributed by atoms with Gasteiger partial charge in [0.15, 0.2) is 0 Å². The van der Waals surface area contributed by atoms with E-state index in [0.717, 1.165) is 0 Å². The normalized spacial score (nSPS) is 15.7. The van der Waals surface area contributed by atoms with Crippen molar-refractivity contribution in [3.05, 3.63) is 12.7 Å². The van der Waals surface area contributed by atoms with Crippen LogP contribution in [0.2, 0.25) is 0 Å². The molecular weight excluding hydrogens is 212 g/mol. The van der Waals surface area contributed by atoms with E-state index in [1.807, 2.05) is 0 Å². The molecule has 0 N–H and O–H groups in total. The zero-order chi connectivity index (χ0) is 12.6. The average Bonchev–Trinajstić information content (AvgIpc) is 2.25. The van der Waals surface area contributed by atoms with Crippen molar-refractivity contribution >= 4 is 12.4 Å². The van der Waals surface area contributed by atoms with Crippen molar-refractivity contribution in [1.82, 2.24) is 0 Å². The number of carbonyl (C=O) groups excluding carboxylic acids is 2. The monoisotopic (exact) mass is 230 g/mol. The number of hydrogen-bond donors (Lipinski definition) is 0. The summed E-state index contributed by atoms with van der Waals surface area (Å²) in [7, 11) is 1.50. The molecule has 0 fully saturated rings. The van der Waals surface area contributed by atoms with E-state index >= 15 is 0 Å². The Kier molecular flexibility index (Phi) is 7.20. The lowest BCUT2D eigenvalue weighted by Gasteiger charge is -2.27. The standard InChI is InChI=1S/C11H18O5/c1-5-10(14-4)11(16-9(3)13)8(2)6-15-7-12/h5,7-8,10-11H,1,6H2,2-4H3/t8-,10-,11+/m0/s1. The minimum atomic E-state index is -0.514. The molecule has 0 saturated heterocycles. The van der Waals surface area contributed by atoms with E-state index in [4.69, 9.17) is 9.47 Å². The highest BCUT2D eigenvalue weighted by Crippen LogP contribution is 2.16. The molecule has 0 aliphatic carbocycles. The molecule has 0 radical (unpaired) electrons. The predicted octanol–water partition coefficient (Wildman–Crippen LogP) is 0.928. The van der Waals surface area contributed by atoms with Crippen LogP contribution in [0.4, 0.5) is 0 Å². The summed E-state index contributed by atoms with van der Waals surface area (Å²) < 4.78 is 14.9. The van der Waals surface area contributed by atoms with Gasteiger partial charge in [-0.1, -0.05) is 13.0 Å². The van der Waals surface area contributed by atoms with Gasteiger partial charge in [-0.2, -0.15) is 0 Å². The Morgan fingerprint density at radius 3 is 2.50 bits per heavy atom. The number of hydrogen-bond acceptors (Lipinski definition) is 5. The summed E-state index contributed by atoms with van der Waals surface area (Å²) in [6, 6.07) is 0. The van der Waals surface area contributed by atoms with Crippen molar-refractivity contribution in [3.8, 4) is 0 Å². The Morgan fingerprint density at radius 1 is 1.50 bits per heavy atom. The van der Waals surface area contributed by atoms with Crippen LogP contribution in [0.1, 0.15) is 13.8 Å². The fraction of sp³-hybridized carbons (Fsp3) is 0.636. The molecule has 0 aliphatic rings. The maximum Gasteiger partial charge on any atom is 0.303 e. The van der Waals surface area contributed by atoms with E-state index in [-0.39, 0.29) is 12.5 Å². The summed E-state index contributed by atoms with van der Waals surface area (Å²) in [5.74, 6) is -0.580. The van der Waals surface area contributed by atoms with Gasteiger partial charge in [0, 0.05) is 20.0 Å². The Bertz CT molecular complexity index is 239. The zero-order valence-electron chi connectivity index (χ0n) is 9.84. The lowest BCUT2D eigenvalue weighted by Crippen LogP contribution is -2.38. The number of carbonyl (C=O) groups is 2. The summed E-state index contributed by atoms with van der Waals surface area (Å²) in [4.78, 5) is 21.0. The Hall–Kier alpha value is -1.36. The summed E-state index contributed by atoms with van der Waals surface area (Å²) in [6.07, 6.45) is 0.611. The van der Waals surface area contributed by atoms with Gasteiger partial charge < -0.3 is 14.2 Å². The van der Waals surface area contributed by atoms with Crippen LogP contribution in [0.3, 0.4) is 0 Å². The molecule has 0 amide bonds. The molecule has 0 aromatic heterocycles. The predicted molar refractivity (Wildman–Crippen MR) is 57.7 cm³/mol. The van der Waals surface area contributed by atoms with E-state index < -0.39 is 18.2 Å². The SMILES string of the molecule is C=C[C@H](OC)[C@H](OC(C)=O)[C@@H](C)COC=O. The Morgan fingerprint density at radius 2 is 2.12 bits per heavy atom. The molecule has 0 rings (SSSR count). The van der Waals surface area contributed by atoms with Crippen LogP contribution in [-0.4, -0.2) is 38.4 Å². The van der Waals surface area contributed by atoms with Gasteiger partial charge >= 0.3 is 5.97 Å². The van der Waals surface area contributed by atoms with E-state index in [1.165, 1.54) is 14.0 Å². The highest BCUT2D eigenvalue weighted by Gasteiger charge is 2.28. The minimum absolute atomic E-state index is 0.162. The van der Waals surface area contributed by atoms with Gasteiger partial charge in [-0.3, -0.25) is 9.59 Å². The van der Waals surface area contributed by atoms with Crippen molar-refractivity contribution in [3.63, 3.8) is 0 Å². The van der Waals surface area contributed by atoms with Crippen LogP contribution in [0, 0.1) is 5.92 Å². The van der Waals surface area contributed by atoms with Gasteiger partial charge in [-0.25, -0.2) is 0 Å². The number of rotatable bonds is 8. The lowest BCUT2D eigenvalue weighted by molar-refractivity contribution is -0.157. The van der Waals surface area contributed by atoms with Crippen molar-refractivity contribution in [2.45, 2.75) is 26.1 Å². The van der Waals surface area contributed by atoms with E-state index in [0.29, 0.717) is 6.47 Å². The van der Waals surface area contributed by atoms with Crippen LogP contribution in [0.15, 0.2) is 12.7 Å². The molecule has 0 aromatic rings. The third kappa shape index (κ3) is 4.93. The average molecular weight is 230 g/mol. The Balaban J connectivity index is 4.55. The molecular formula is C11H18O5. The first-order chi connectivity index (χ1) is 7.56. The van der Waals surface area contributed by atoms with Crippen LogP contribution < -0.4 is 0 Å². The first-order valence-corrected chi connectivity index (χ1v) is 4.94. The zero-order valence-corrected chi connectivity index (χ0v) is 9.84. The molecule has 92 valence electrons. The molecule has 5 nitrogen and oxygen atoms in total. The topological polar surface area (TPSA) is 61.8 Å². The quantitative estimate of drug-likeness (QED) is 0.352. The maximum absolute atomic E-state index is 10.9. The second-order valence-electron chi connectivity index (χ2n) is 3.42. The van der Waals surface area contributed by atoms with Gasteiger partial charge in [-0.15, -0.1) is 6.58 Å². The molecule has 0 unspecified atom stereocenters. The minimum Gasteiger partial charge on any atom is -0.467 e. The Labute approximate surface area is 95.4 Å². The third-order valence-corrected chi connectivity index (χ3v) is 2.12. The molecule has 0 aliphatic heterocycles. The van der Waals surface area contributed by atoms with Gasteiger partial charge in [0.25, 0.3) is 6.47 Å². The summed E-state index contributed by atoms with van der Waals surface area (Å²) in [6.45, 7) is 7.23. The highest BCUT2D eigenvalue weighted by molar-refractivity contribution is 5.66. The number of methoxy groups -OCH3 is 1. The highest BCUT2D eigenvalue weighted by atomic mass is 16.6. The molecule has 0 aromatic carbocycles. The van der Waals surface area contributed by atoms with E-state index in [9.17, 15) is 9.59 Å². The summed E-state index contributed by atoms with van der Waals surface area (Å²) in [5, 5.41) is 0. The molecule has 0 bridgehead atoms. The van der Waals surface area contributed by atoms with Crippen LogP contribution >= 0.6 is 0 Å². The van der Waals surface area contributed by atoms with Crippen molar-refractivity contribution < 1.29 is 23.8 Å². The van der Waals surface area contributed by atoms with E-state index in [2.05, 4.69) is 11.3 Å². The van der Waals surface area contributed by atoms with Crippen LogP contribution in [-0.2, 0) is 23.8 Å². The first-order valence-electron chi connectivity index (χ1n) is 4.94. The first kappa shape index (κ1) is 14.6. The smallest absolute Gasteiger partial charge is 0.303 e. The maximum atomic E-state index is 10.9. The molecule has 0 heterocycles. The third-order valence-electron chi connectivity index (χ3n) is 2.12. The number of esters is 1. The summed E-state index contributed by atoms with van der Waals surface area (Å²) >= 11 is 0. The molecule has 0 spiro atoms. The van der Waals surface area contributed by atoms with Gasteiger partial charge in [0.1, 0.15) is 12.2 Å². The van der Waals surface area contributed by atoms with Gasteiger partial charge in [0.05, 0.1) is 6.61 Å². The van der Waals surface area contributed by atoms with Crippen LogP contribution in [0.5, 0.6) is 0 Å². The van der Waals surface area contributed by atoms with Crippen molar-refractivity contribution in [2.24, 2.45) is 5.92 Å². The number of ether oxygens (including phenoxy) is 3. The molecule has 16 heavy (non-hydrogen) atoms. The second kappa shape index (κ2) is 7.87. The fourth-order valence-electron chi connectivity index (χ4n) is 1.35. The lowest BCUT2D eigenvalue weighted by atomic mass is 10.00. The fourth-order valence-corrected chi connectivity index (χ4v) is 1.35. The van der Waals surface area contributed by atoms with Gasteiger partial charge in [-0.05, 0) is 0 Å². The largest absolute Gasteiger partial charge is 0.467 e. The molecule has 3 atom stereocenters. The molecule has 5 heteroatoms. The van der Waals surface area contributed by atoms with Gasteiger partial charge in [0.2, 0.25) is 0 Å². The molecule has 0 saturated carbocycles. The van der Waals surface area contributed by atoms with E-state index in [1.54, 1.807) is 13.0 Å².